The number of anilines is 3. The monoisotopic (exact) mass is 480 g/mol. The second-order valence-electron chi connectivity index (χ2n) is 8.32. The van der Waals surface area contributed by atoms with Gasteiger partial charge in [0.15, 0.2) is 17.0 Å². The van der Waals surface area contributed by atoms with E-state index in [4.69, 9.17) is 11.5 Å². The number of carboxylic acid groups (broad SMARTS) is 2. The third-order valence-electron chi connectivity index (χ3n) is 5.95. The standard InChI is InChI=1S/C22H24N8O5/c1-29(10-13-9-25-18-16(26-13)17(23)27-22(24)28-18)14-4-2-11(3-5-14)19(31)30-7-6-12(20(32)33)8-15(30)21(34)35/h2-5,9,12,15H,6-8,10H2,1H3,(H,32,33)(H,34,35)(H4,23,24,25,27,28). The number of piperidine rings is 1. The predicted molar refractivity (Wildman–Crippen MR) is 125 cm³/mol. The van der Waals surface area contributed by atoms with E-state index < -0.39 is 29.8 Å². The Labute approximate surface area is 199 Å². The highest BCUT2D eigenvalue weighted by atomic mass is 16.4. The number of rotatable bonds is 6. The number of amides is 1. The van der Waals surface area contributed by atoms with E-state index >= 15 is 0 Å². The van der Waals surface area contributed by atoms with E-state index in [9.17, 15) is 24.6 Å². The van der Waals surface area contributed by atoms with Crippen molar-refractivity contribution in [1.29, 1.82) is 0 Å². The quantitative estimate of drug-likeness (QED) is 0.383. The lowest BCUT2D eigenvalue weighted by Gasteiger charge is -2.35. The van der Waals surface area contributed by atoms with Crippen molar-refractivity contribution in [2.45, 2.75) is 25.4 Å². The van der Waals surface area contributed by atoms with Crippen LogP contribution in [0, 0.1) is 5.92 Å². The Bertz CT molecular complexity index is 1300. The van der Waals surface area contributed by atoms with Crippen molar-refractivity contribution in [3.63, 3.8) is 0 Å². The SMILES string of the molecule is CN(Cc1cnc2nc(N)nc(N)c2n1)c1ccc(C(=O)N2CCC(C(=O)O)CC2C(=O)O)cc1. The fraction of sp³-hybridized carbons (Fsp3) is 0.318. The molecule has 1 amide bonds. The van der Waals surface area contributed by atoms with Crippen LogP contribution in [0.3, 0.4) is 0 Å². The van der Waals surface area contributed by atoms with Crippen LogP contribution in [0.25, 0.3) is 11.2 Å². The average molecular weight is 480 g/mol. The van der Waals surface area contributed by atoms with Crippen LogP contribution in [0.15, 0.2) is 30.5 Å². The van der Waals surface area contributed by atoms with Crippen LogP contribution < -0.4 is 16.4 Å². The fourth-order valence-electron chi connectivity index (χ4n) is 4.08. The van der Waals surface area contributed by atoms with Gasteiger partial charge >= 0.3 is 11.9 Å². The Kier molecular flexibility index (Phi) is 6.32. The van der Waals surface area contributed by atoms with Gasteiger partial charge in [0, 0.05) is 24.8 Å². The maximum Gasteiger partial charge on any atom is 0.326 e. The molecule has 3 aromatic rings. The summed E-state index contributed by atoms with van der Waals surface area (Å²) in [6.45, 7) is 0.442. The minimum atomic E-state index is -1.22. The molecule has 2 aromatic heterocycles. The highest BCUT2D eigenvalue weighted by Gasteiger charge is 2.39. The van der Waals surface area contributed by atoms with Crippen LogP contribution in [-0.2, 0) is 16.1 Å². The predicted octanol–water partition coefficient (Wildman–Crippen LogP) is 0.611. The van der Waals surface area contributed by atoms with Gasteiger partial charge in [-0.15, -0.1) is 0 Å². The first-order chi connectivity index (χ1) is 16.6. The number of nitrogens with zero attached hydrogens (tertiary/aromatic N) is 6. The number of aliphatic carboxylic acids is 2. The molecule has 2 atom stereocenters. The van der Waals surface area contributed by atoms with Gasteiger partial charge < -0.3 is 31.5 Å². The molecule has 6 N–H and O–H groups in total. The molecule has 0 aliphatic carbocycles. The lowest BCUT2D eigenvalue weighted by Crippen LogP contribution is -2.51. The highest BCUT2D eigenvalue weighted by molar-refractivity contribution is 5.97. The summed E-state index contributed by atoms with van der Waals surface area (Å²) in [5, 5.41) is 18.7. The van der Waals surface area contributed by atoms with Gasteiger partial charge in [-0.25, -0.2) is 14.8 Å². The van der Waals surface area contributed by atoms with Gasteiger partial charge in [0.05, 0.1) is 24.4 Å². The van der Waals surface area contributed by atoms with E-state index in [1.165, 1.54) is 4.90 Å². The zero-order valence-electron chi connectivity index (χ0n) is 18.8. The minimum Gasteiger partial charge on any atom is -0.481 e. The molecule has 35 heavy (non-hydrogen) atoms. The number of carbonyl (C=O) groups excluding carboxylic acids is 1. The highest BCUT2D eigenvalue weighted by Crippen LogP contribution is 2.26. The van der Waals surface area contributed by atoms with E-state index in [1.54, 1.807) is 30.5 Å². The minimum absolute atomic E-state index is 0.0183. The van der Waals surface area contributed by atoms with Gasteiger partial charge in [0.1, 0.15) is 6.04 Å². The number of benzene rings is 1. The molecule has 4 rings (SSSR count). The Balaban J connectivity index is 1.47. The molecule has 1 aromatic carbocycles. The first-order valence-corrected chi connectivity index (χ1v) is 10.8. The van der Waals surface area contributed by atoms with Crippen LogP contribution in [0.1, 0.15) is 28.9 Å². The van der Waals surface area contributed by atoms with Crippen molar-refractivity contribution < 1.29 is 24.6 Å². The molecule has 0 bridgehead atoms. The Hall–Kier alpha value is -4.55. The number of hydrogen-bond acceptors (Lipinski definition) is 10. The van der Waals surface area contributed by atoms with E-state index in [2.05, 4.69) is 19.9 Å². The number of carboxylic acids is 2. The summed E-state index contributed by atoms with van der Waals surface area (Å²) in [5.74, 6) is -3.35. The smallest absolute Gasteiger partial charge is 0.326 e. The van der Waals surface area contributed by atoms with E-state index in [1.807, 2.05) is 11.9 Å². The third-order valence-corrected chi connectivity index (χ3v) is 5.95. The summed E-state index contributed by atoms with van der Waals surface area (Å²) in [7, 11) is 1.84. The lowest BCUT2D eigenvalue weighted by molar-refractivity contribution is -0.149. The summed E-state index contributed by atoms with van der Waals surface area (Å²) in [6.07, 6.45) is 1.65. The van der Waals surface area contributed by atoms with Gasteiger partial charge in [-0.1, -0.05) is 0 Å². The van der Waals surface area contributed by atoms with E-state index in [0.29, 0.717) is 29.0 Å². The molecule has 2 unspecified atom stereocenters. The molecule has 1 saturated heterocycles. The van der Waals surface area contributed by atoms with Crippen LogP contribution >= 0.6 is 0 Å². The largest absolute Gasteiger partial charge is 0.481 e. The van der Waals surface area contributed by atoms with Crippen molar-refractivity contribution in [2.75, 3.05) is 30.0 Å². The van der Waals surface area contributed by atoms with Crippen LogP contribution in [0.4, 0.5) is 17.5 Å². The molecule has 13 nitrogen and oxygen atoms in total. The molecule has 1 aliphatic rings. The van der Waals surface area contributed by atoms with Crippen molar-refractivity contribution >= 4 is 46.5 Å². The molecular formula is C22H24N8O5. The summed E-state index contributed by atoms with van der Waals surface area (Å²) in [6, 6.07) is 5.51. The second kappa shape index (κ2) is 9.37. The lowest BCUT2D eigenvalue weighted by atomic mass is 9.90. The number of nitrogens with two attached hydrogens (primary N) is 2. The fourth-order valence-corrected chi connectivity index (χ4v) is 4.08. The topological polar surface area (TPSA) is 202 Å². The van der Waals surface area contributed by atoms with Crippen LogP contribution in [-0.4, -0.2) is 72.5 Å². The van der Waals surface area contributed by atoms with Crippen molar-refractivity contribution in [3.8, 4) is 0 Å². The number of nitrogen functional groups attached to an aromatic ring is 2. The van der Waals surface area contributed by atoms with Crippen LogP contribution in [0.2, 0.25) is 0 Å². The van der Waals surface area contributed by atoms with Gasteiger partial charge in [0.25, 0.3) is 5.91 Å². The average Bonchev–Trinajstić information content (AvgIpc) is 2.83. The number of carbonyl (C=O) groups is 3. The van der Waals surface area contributed by atoms with Crippen molar-refractivity contribution in [2.24, 2.45) is 5.92 Å². The maximum atomic E-state index is 13.0. The summed E-state index contributed by atoms with van der Waals surface area (Å²) in [5.41, 5.74) is 13.8. The molecular weight excluding hydrogens is 456 g/mol. The molecule has 1 aliphatic heterocycles. The van der Waals surface area contributed by atoms with Gasteiger partial charge in [-0.05, 0) is 37.1 Å². The number of likely N-dealkylation sites (tertiary alicyclic amines) is 1. The van der Waals surface area contributed by atoms with Crippen LogP contribution in [0.5, 0.6) is 0 Å². The van der Waals surface area contributed by atoms with Gasteiger partial charge in [-0.2, -0.15) is 9.97 Å². The third kappa shape index (κ3) is 4.88. The zero-order valence-corrected chi connectivity index (χ0v) is 18.8. The first-order valence-electron chi connectivity index (χ1n) is 10.8. The zero-order chi connectivity index (χ0) is 25.3. The van der Waals surface area contributed by atoms with E-state index in [0.717, 1.165) is 5.69 Å². The molecule has 0 saturated carbocycles. The van der Waals surface area contributed by atoms with Gasteiger partial charge in [-0.3, -0.25) is 9.59 Å². The first kappa shape index (κ1) is 23.6. The number of hydrogen-bond donors (Lipinski definition) is 4. The maximum absolute atomic E-state index is 13.0. The molecule has 182 valence electrons. The molecule has 13 heteroatoms. The number of fused-ring (bicyclic) bond motifs is 1. The molecule has 0 radical (unpaired) electrons. The second-order valence-corrected chi connectivity index (χ2v) is 8.32. The summed E-state index contributed by atoms with van der Waals surface area (Å²) < 4.78 is 0. The normalized spacial score (nSPS) is 17.8. The Morgan fingerprint density at radius 2 is 1.80 bits per heavy atom. The number of aromatic nitrogens is 4. The summed E-state index contributed by atoms with van der Waals surface area (Å²) >= 11 is 0. The van der Waals surface area contributed by atoms with E-state index in [-0.39, 0.29) is 31.2 Å². The van der Waals surface area contributed by atoms with Crippen molar-refractivity contribution in [1.82, 2.24) is 24.8 Å². The Morgan fingerprint density at radius 1 is 1.09 bits per heavy atom. The summed E-state index contributed by atoms with van der Waals surface area (Å²) in [4.78, 5) is 55.7. The molecule has 3 heterocycles. The van der Waals surface area contributed by atoms with Gasteiger partial charge in [0.2, 0.25) is 5.95 Å². The Morgan fingerprint density at radius 3 is 2.46 bits per heavy atom. The molecule has 0 spiro atoms. The van der Waals surface area contributed by atoms with Crippen molar-refractivity contribution in [3.05, 3.63) is 41.7 Å². The molecule has 1 fully saturated rings.